The van der Waals surface area contributed by atoms with E-state index in [2.05, 4.69) is 38.7 Å². The van der Waals surface area contributed by atoms with Crippen molar-refractivity contribution in [3.8, 4) is 17.2 Å². The number of likely N-dealkylation sites (tertiary alicyclic amines) is 1. The lowest BCUT2D eigenvalue weighted by Gasteiger charge is -2.19. The topological polar surface area (TPSA) is 67.4 Å². The minimum Gasteiger partial charge on any atom is -0.497 e. The van der Waals surface area contributed by atoms with Gasteiger partial charge < -0.3 is 24.8 Å². The third-order valence-electron chi connectivity index (χ3n) is 5.53. The minimum absolute atomic E-state index is 0.366. The third kappa shape index (κ3) is 6.52. The first-order valence-electron chi connectivity index (χ1n) is 10.7. The van der Waals surface area contributed by atoms with E-state index >= 15 is 0 Å². The van der Waals surface area contributed by atoms with Gasteiger partial charge in [-0.05, 0) is 42.2 Å². The average Bonchev–Trinajstić information content (AvgIpc) is 3.24. The van der Waals surface area contributed by atoms with E-state index in [0.29, 0.717) is 6.04 Å². The van der Waals surface area contributed by atoms with E-state index in [1.807, 2.05) is 31.3 Å². The highest BCUT2D eigenvalue weighted by molar-refractivity contribution is 5.80. The molecule has 0 bridgehead atoms. The van der Waals surface area contributed by atoms with Crippen molar-refractivity contribution in [1.82, 2.24) is 15.5 Å². The van der Waals surface area contributed by atoms with Gasteiger partial charge in [0.15, 0.2) is 5.96 Å². The van der Waals surface area contributed by atoms with E-state index in [4.69, 9.17) is 14.2 Å². The minimum atomic E-state index is 0.366. The fraction of sp³-hybridized carbons (Fsp3) is 0.458. The Morgan fingerprint density at radius 3 is 2.48 bits per heavy atom. The zero-order valence-corrected chi connectivity index (χ0v) is 19.0. The third-order valence-corrected chi connectivity index (χ3v) is 5.53. The van der Waals surface area contributed by atoms with Crippen molar-refractivity contribution >= 4 is 5.96 Å². The SMILES string of the molecule is CN=C(NCCc1ccccc1OC)NC1CCN(Cc2cc(OC)cc(OC)c2)C1. The number of methoxy groups -OCH3 is 3. The number of benzene rings is 2. The van der Waals surface area contributed by atoms with E-state index in [0.717, 1.165) is 62.2 Å². The Balaban J connectivity index is 1.47. The second kappa shape index (κ2) is 11.5. The molecule has 0 radical (unpaired) electrons. The van der Waals surface area contributed by atoms with Crippen LogP contribution in [0.1, 0.15) is 17.5 Å². The van der Waals surface area contributed by atoms with Gasteiger partial charge in [-0.3, -0.25) is 9.89 Å². The first-order chi connectivity index (χ1) is 15.1. The fourth-order valence-corrected chi connectivity index (χ4v) is 3.92. The van der Waals surface area contributed by atoms with Crippen LogP contribution in [0.5, 0.6) is 17.2 Å². The predicted octanol–water partition coefficient (Wildman–Crippen LogP) is 2.69. The molecular weight excluding hydrogens is 392 g/mol. The van der Waals surface area contributed by atoms with E-state index in [1.54, 1.807) is 21.3 Å². The van der Waals surface area contributed by atoms with Gasteiger partial charge in [-0.1, -0.05) is 18.2 Å². The van der Waals surface area contributed by atoms with Crippen LogP contribution in [0, 0.1) is 0 Å². The maximum absolute atomic E-state index is 5.43. The van der Waals surface area contributed by atoms with Gasteiger partial charge in [0.2, 0.25) is 0 Å². The van der Waals surface area contributed by atoms with Crippen LogP contribution in [0.3, 0.4) is 0 Å². The number of ether oxygens (including phenoxy) is 3. The molecule has 2 aromatic rings. The molecule has 1 unspecified atom stereocenters. The first kappa shape index (κ1) is 22.7. The zero-order chi connectivity index (χ0) is 22.1. The van der Waals surface area contributed by atoms with Gasteiger partial charge in [0, 0.05) is 45.3 Å². The molecule has 1 saturated heterocycles. The van der Waals surface area contributed by atoms with Crippen molar-refractivity contribution in [3.05, 3.63) is 53.6 Å². The molecule has 168 valence electrons. The zero-order valence-electron chi connectivity index (χ0n) is 19.0. The van der Waals surface area contributed by atoms with Crippen molar-refractivity contribution in [3.63, 3.8) is 0 Å². The molecule has 1 heterocycles. The Bertz CT molecular complexity index is 849. The molecule has 0 spiro atoms. The maximum Gasteiger partial charge on any atom is 0.191 e. The molecule has 2 N–H and O–H groups in total. The number of hydrogen-bond donors (Lipinski definition) is 2. The van der Waals surface area contributed by atoms with Gasteiger partial charge in [-0.15, -0.1) is 0 Å². The molecular formula is C24H34N4O3. The van der Waals surface area contributed by atoms with Crippen LogP contribution in [-0.2, 0) is 13.0 Å². The lowest BCUT2D eigenvalue weighted by molar-refractivity contribution is 0.321. The summed E-state index contributed by atoms with van der Waals surface area (Å²) in [6.07, 6.45) is 1.95. The van der Waals surface area contributed by atoms with Crippen molar-refractivity contribution < 1.29 is 14.2 Å². The van der Waals surface area contributed by atoms with E-state index in [1.165, 1.54) is 11.1 Å². The lowest BCUT2D eigenvalue weighted by atomic mass is 10.1. The highest BCUT2D eigenvalue weighted by atomic mass is 16.5. The molecule has 31 heavy (non-hydrogen) atoms. The van der Waals surface area contributed by atoms with Gasteiger partial charge >= 0.3 is 0 Å². The Morgan fingerprint density at radius 1 is 1.06 bits per heavy atom. The van der Waals surface area contributed by atoms with Gasteiger partial charge in [-0.2, -0.15) is 0 Å². The molecule has 7 nitrogen and oxygen atoms in total. The van der Waals surface area contributed by atoms with Gasteiger partial charge in [-0.25, -0.2) is 0 Å². The number of nitrogens with zero attached hydrogens (tertiary/aromatic N) is 2. The van der Waals surface area contributed by atoms with Crippen molar-refractivity contribution in [2.45, 2.75) is 25.4 Å². The predicted molar refractivity (Wildman–Crippen MR) is 124 cm³/mol. The number of guanidine groups is 1. The van der Waals surface area contributed by atoms with Crippen LogP contribution in [0.4, 0.5) is 0 Å². The quantitative estimate of drug-likeness (QED) is 0.475. The summed E-state index contributed by atoms with van der Waals surface area (Å²) >= 11 is 0. The summed E-state index contributed by atoms with van der Waals surface area (Å²) < 4.78 is 16.2. The smallest absolute Gasteiger partial charge is 0.191 e. The molecule has 0 saturated carbocycles. The molecule has 1 aliphatic heterocycles. The summed E-state index contributed by atoms with van der Waals surface area (Å²) in [7, 11) is 6.88. The molecule has 0 aliphatic carbocycles. The number of nitrogens with one attached hydrogen (secondary N) is 2. The molecule has 1 atom stereocenters. The second-order valence-corrected chi connectivity index (χ2v) is 7.65. The largest absolute Gasteiger partial charge is 0.497 e. The molecule has 1 aliphatic rings. The van der Waals surface area contributed by atoms with Crippen molar-refractivity contribution in [2.24, 2.45) is 4.99 Å². The monoisotopic (exact) mass is 426 g/mol. The highest BCUT2D eigenvalue weighted by Crippen LogP contribution is 2.24. The molecule has 3 rings (SSSR count). The summed E-state index contributed by atoms with van der Waals surface area (Å²) in [5, 5.41) is 6.98. The van der Waals surface area contributed by atoms with Gasteiger partial charge in [0.25, 0.3) is 0 Å². The number of aliphatic imine (C=N–C) groups is 1. The normalized spacial score (nSPS) is 16.8. The van der Waals surface area contributed by atoms with E-state index < -0.39 is 0 Å². The first-order valence-corrected chi connectivity index (χ1v) is 10.7. The van der Waals surface area contributed by atoms with Gasteiger partial charge in [0.1, 0.15) is 17.2 Å². The molecule has 0 amide bonds. The Morgan fingerprint density at radius 2 is 1.81 bits per heavy atom. The van der Waals surface area contributed by atoms with Crippen LogP contribution in [0.15, 0.2) is 47.5 Å². The number of hydrogen-bond acceptors (Lipinski definition) is 5. The molecule has 7 heteroatoms. The summed E-state index contributed by atoms with van der Waals surface area (Å²) in [6.45, 7) is 3.66. The number of rotatable bonds is 9. The van der Waals surface area contributed by atoms with E-state index in [9.17, 15) is 0 Å². The molecule has 2 aromatic carbocycles. The van der Waals surface area contributed by atoms with Crippen LogP contribution in [0.2, 0.25) is 0 Å². The molecule has 0 aromatic heterocycles. The van der Waals surface area contributed by atoms with Crippen molar-refractivity contribution in [2.75, 3.05) is 48.0 Å². The second-order valence-electron chi connectivity index (χ2n) is 7.65. The summed E-state index contributed by atoms with van der Waals surface area (Å²) in [4.78, 5) is 6.83. The maximum atomic E-state index is 5.43. The van der Waals surface area contributed by atoms with Crippen LogP contribution in [-0.4, -0.2) is 64.9 Å². The van der Waals surface area contributed by atoms with E-state index in [-0.39, 0.29) is 0 Å². The van der Waals surface area contributed by atoms with Crippen LogP contribution in [0.25, 0.3) is 0 Å². The Kier molecular flexibility index (Phi) is 8.41. The fourth-order valence-electron chi connectivity index (χ4n) is 3.92. The highest BCUT2D eigenvalue weighted by Gasteiger charge is 2.23. The van der Waals surface area contributed by atoms with Crippen LogP contribution < -0.4 is 24.8 Å². The lowest BCUT2D eigenvalue weighted by Crippen LogP contribution is -2.45. The van der Waals surface area contributed by atoms with Crippen LogP contribution >= 0.6 is 0 Å². The summed E-state index contributed by atoms with van der Waals surface area (Å²) in [6, 6.07) is 14.5. The average molecular weight is 427 g/mol. The Hall–Kier alpha value is -2.93. The van der Waals surface area contributed by atoms with Gasteiger partial charge in [0.05, 0.1) is 21.3 Å². The number of para-hydroxylation sites is 1. The summed E-state index contributed by atoms with van der Waals surface area (Å²) in [5.41, 5.74) is 2.38. The van der Waals surface area contributed by atoms with Crippen molar-refractivity contribution in [1.29, 1.82) is 0 Å². The standard InChI is InChI=1S/C24H34N4O3/c1-25-24(26-11-9-19-7-5-6-8-23(19)31-4)27-20-10-12-28(17-20)16-18-13-21(29-2)15-22(14-18)30-3/h5-8,13-15,20H,9-12,16-17H2,1-4H3,(H2,25,26,27). The summed E-state index contributed by atoms with van der Waals surface area (Å²) in [5.74, 6) is 3.41. The Labute approximate surface area is 185 Å². The molecule has 1 fully saturated rings.